The molecule has 0 saturated carbocycles. The third kappa shape index (κ3) is 7.50. The third-order valence-corrected chi connectivity index (χ3v) is 4.39. The van der Waals surface area contributed by atoms with Crippen LogP contribution < -0.4 is 11.1 Å². The van der Waals surface area contributed by atoms with Gasteiger partial charge in [0.1, 0.15) is 5.82 Å². The summed E-state index contributed by atoms with van der Waals surface area (Å²) < 4.78 is 18.6. The van der Waals surface area contributed by atoms with E-state index in [0.717, 1.165) is 31.6 Å². The minimum Gasteiger partial charge on any atom is -0.397 e. The summed E-state index contributed by atoms with van der Waals surface area (Å²) in [5.41, 5.74) is 7.12. The molecule has 6 heteroatoms. The lowest BCUT2D eigenvalue weighted by atomic mass is 10.0. The zero-order chi connectivity index (χ0) is 17.6. The van der Waals surface area contributed by atoms with Gasteiger partial charge in [-0.3, -0.25) is 0 Å². The van der Waals surface area contributed by atoms with E-state index in [1.807, 2.05) is 20.8 Å². The van der Waals surface area contributed by atoms with Gasteiger partial charge in [0.2, 0.25) is 0 Å². The molecule has 0 spiro atoms. The lowest BCUT2D eigenvalue weighted by molar-refractivity contribution is 0.0397. The Kier molecular flexibility index (Phi) is 7.77. The van der Waals surface area contributed by atoms with Crippen molar-refractivity contribution in [3.8, 4) is 0 Å². The summed E-state index contributed by atoms with van der Waals surface area (Å²) >= 11 is 3.18. The monoisotopic (exact) mass is 389 g/mol. The van der Waals surface area contributed by atoms with E-state index in [2.05, 4.69) is 33.2 Å². The minimum absolute atomic E-state index is 0.0417. The second kappa shape index (κ2) is 8.85. The number of rotatable bonds is 2. The third-order valence-electron chi connectivity index (χ3n) is 3.78. The lowest BCUT2D eigenvalue weighted by Crippen LogP contribution is -2.36. The molecule has 1 aliphatic rings. The molecule has 0 unspecified atom stereocenters. The molecule has 0 atom stereocenters. The maximum Gasteiger partial charge on any atom is 0.139 e. The topological polar surface area (TPSA) is 50.5 Å². The molecule has 0 radical (unpaired) electrons. The van der Waals surface area contributed by atoms with E-state index >= 15 is 0 Å². The number of nitrogens with two attached hydrogens (primary N) is 1. The average molecular weight is 390 g/mol. The van der Waals surface area contributed by atoms with Gasteiger partial charge in [-0.2, -0.15) is 0 Å². The zero-order valence-corrected chi connectivity index (χ0v) is 16.3. The summed E-state index contributed by atoms with van der Waals surface area (Å²) in [6.07, 6.45) is 2.18. The number of nitrogens with zero attached hydrogens (tertiary/aromatic N) is 1. The van der Waals surface area contributed by atoms with Crippen LogP contribution in [0.4, 0.5) is 15.8 Å². The number of hydrogen-bond acceptors (Lipinski definition) is 4. The van der Waals surface area contributed by atoms with Gasteiger partial charge in [-0.15, -0.1) is 0 Å². The number of ether oxygens (including phenoxy) is 1. The summed E-state index contributed by atoms with van der Waals surface area (Å²) in [6, 6.07) is 3.48. The van der Waals surface area contributed by atoms with E-state index in [0.29, 0.717) is 16.2 Å². The van der Waals surface area contributed by atoms with Gasteiger partial charge in [0.15, 0.2) is 0 Å². The number of benzene rings is 1. The van der Waals surface area contributed by atoms with Crippen LogP contribution >= 0.6 is 15.9 Å². The molecule has 1 aromatic rings. The molecule has 0 bridgehead atoms. The molecule has 0 aromatic heterocycles. The number of halogens is 2. The Morgan fingerprint density at radius 2 is 1.83 bits per heavy atom. The van der Waals surface area contributed by atoms with Crippen LogP contribution in [0.15, 0.2) is 16.6 Å². The molecule has 1 fully saturated rings. The number of nitrogen functional groups attached to an aromatic ring is 1. The van der Waals surface area contributed by atoms with Crippen molar-refractivity contribution in [1.82, 2.24) is 4.90 Å². The summed E-state index contributed by atoms with van der Waals surface area (Å²) in [7, 11) is 3.83. The van der Waals surface area contributed by atoms with Gasteiger partial charge in [0, 0.05) is 19.2 Å². The van der Waals surface area contributed by atoms with E-state index in [9.17, 15) is 4.39 Å². The first-order valence-electron chi connectivity index (χ1n) is 7.87. The van der Waals surface area contributed by atoms with Crippen molar-refractivity contribution >= 4 is 27.3 Å². The van der Waals surface area contributed by atoms with Crippen LogP contribution in [-0.4, -0.2) is 43.8 Å². The van der Waals surface area contributed by atoms with Crippen molar-refractivity contribution in [3.63, 3.8) is 0 Å². The maximum atomic E-state index is 13.2. The Hall–Kier alpha value is -0.850. The van der Waals surface area contributed by atoms with Gasteiger partial charge < -0.3 is 20.7 Å². The SMILES string of the molecule is CN1CCC(Nc2cc(Br)c(F)cc2N)CC1.COC(C)(C)C. The predicted molar refractivity (Wildman–Crippen MR) is 99.4 cm³/mol. The molecule has 0 amide bonds. The fourth-order valence-electron chi connectivity index (χ4n) is 2.06. The second-order valence-electron chi connectivity index (χ2n) is 6.89. The Bertz CT molecular complexity index is 497. The van der Waals surface area contributed by atoms with Crippen molar-refractivity contribution in [1.29, 1.82) is 0 Å². The number of piperidine rings is 1. The van der Waals surface area contributed by atoms with Crippen molar-refractivity contribution < 1.29 is 9.13 Å². The van der Waals surface area contributed by atoms with Crippen molar-refractivity contribution in [3.05, 3.63) is 22.4 Å². The highest BCUT2D eigenvalue weighted by Gasteiger charge is 2.17. The van der Waals surface area contributed by atoms with Crippen molar-refractivity contribution in [2.45, 2.75) is 45.3 Å². The van der Waals surface area contributed by atoms with Gasteiger partial charge in [0.05, 0.1) is 21.4 Å². The highest BCUT2D eigenvalue weighted by molar-refractivity contribution is 9.10. The molecule has 1 aliphatic heterocycles. The fourth-order valence-corrected chi connectivity index (χ4v) is 2.40. The number of hydrogen-bond donors (Lipinski definition) is 2. The van der Waals surface area contributed by atoms with E-state index in [1.54, 1.807) is 13.2 Å². The van der Waals surface area contributed by atoms with Gasteiger partial charge in [0.25, 0.3) is 0 Å². The van der Waals surface area contributed by atoms with Crippen LogP contribution in [0.25, 0.3) is 0 Å². The lowest BCUT2D eigenvalue weighted by Gasteiger charge is -2.30. The molecule has 0 aliphatic carbocycles. The summed E-state index contributed by atoms with van der Waals surface area (Å²) in [5, 5.41) is 3.39. The molecule has 4 nitrogen and oxygen atoms in total. The molecule has 1 aromatic carbocycles. The van der Waals surface area contributed by atoms with Gasteiger partial charge in [-0.25, -0.2) is 4.39 Å². The normalized spacial score (nSPS) is 16.7. The number of nitrogens with one attached hydrogen (secondary N) is 1. The second-order valence-corrected chi connectivity index (χ2v) is 7.75. The van der Waals surface area contributed by atoms with Crippen molar-refractivity contribution in [2.24, 2.45) is 0 Å². The summed E-state index contributed by atoms with van der Waals surface area (Å²) in [6.45, 7) is 8.23. The maximum absolute atomic E-state index is 13.2. The van der Waals surface area contributed by atoms with Crippen LogP contribution in [0.5, 0.6) is 0 Å². The molecule has 23 heavy (non-hydrogen) atoms. The molecule has 132 valence electrons. The molecule has 1 heterocycles. The standard InChI is InChI=1S/C12H17BrFN3.C5H12O/c1-17-4-2-8(3-5-17)16-12-6-9(13)10(14)7-11(12)15;1-5(2,3)6-4/h6-8,16H,2-5,15H2,1H3;1-4H3. The Morgan fingerprint density at radius 3 is 2.30 bits per heavy atom. The van der Waals surface area contributed by atoms with Crippen LogP contribution in [0.1, 0.15) is 33.6 Å². The van der Waals surface area contributed by atoms with Gasteiger partial charge in [-0.1, -0.05) is 0 Å². The first-order chi connectivity index (χ1) is 10.6. The predicted octanol–water partition coefficient (Wildman–Crippen LogP) is 4.11. The van der Waals surface area contributed by atoms with Crippen molar-refractivity contribution in [2.75, 3.05) is 38.3 Å². The highest BCUT2D eigenvalue weighted by Crippen LogP contribution is 2.28. The zero-order valence-electron chi connectivity index (χ0n) is 14.7. The van der Waals surface area contributed by atoms with E-state index < -0.39 is 0 Å². The van der Waals surface area contributed by atoms with E-state index in [4.69, 9.17) is 10.5 Å². The molecule has 1 saturated heterocycles. The first kappa shape index (κ1) is 20.2. The smallest absolute Gasteiger partial charge is 0.139 e. The quantitative estimate of drug-likeness (QED) is 0.747. The Labute approximate surface area is 147 Å². The minimum atomic E-state index is -0.323. The Balaban J connectivity index is 0.000000379. The molecular formula is C17H29BrFN3O. The molecular weight excluding hydrogens is 361 g/mol. The average Bonchev–Trinajstić information content (AvgIpc) is 2.47. The largest absolute Gasteiger partial charge is 0.397 e. The first-order valence-corrected chi connectivity index (χ1v) is 8.66. The molecule has 2 rings (SSSR count). The van der Waals surface area contributed by atoms with Crippen LogP contribution in [0, 0.1) is 5.82 Å². The number of likely N-dealkylation sites (tertiary alicyclic amines) is 1. The molecule has 3 N–H and O–H groups in total. The van der Waals surface area contributed by atoms with Crippen LogP contribution in [0.3, 0.4) is 0 Å². The van der Waals surface area contributed by atoms with Crippen LogP contribution in [-0.2, 0) is 4.74 Å². The summed E-state index contributed by atoms with van der Waals surface area (Å²) in [4.78, 5) is 2.31. The van der Waals surface area contributed by atoms with Gasteiger partial charge in [-0.05, 0) is 75.7 Å². The van der Waals surface area contributed by atoms with E-state index in [-0.39, 0.29) is 11.4 Å². The summed E-state index contributed by atoms with van der Waals surface area (Å²) in [5.74, 6) is -0.323. The highest BCUT2D eigenvalue weighted by atomic mass is 79.9. The van der Waals surface area contributed by atoms with Crippen LogP contribution in [0.2, 0.25) is 0 Å². The fraction of sp³-hybridized carbons (Fsp3) is 0.647. The number of anilines is 2. The Morgan fingerprint density at radius 1 is 1.30 bits per heavy atom. The number of methoxy groups -OCH3 is 1. The van der Waals surface area contributed by atoms with E-state index in [1.165, 1.54) is 6.07 Å². The van der Waals surface area contributed by atoms with Gasteiger partial charge >= 0.3 is 0 Å².